The quantitative estimate of drug-likeness (QED) is 0.593. The fourth-order valence-corrected chi connectivity index (χ4v) is 2.43. The molecule has 0 amide bonds. The number of ether oxygens (including phenoxy) is 3. The second kappa shape index (κ2) is 7.16. The summed E-state index contributed by atoms with van der Waals surface area (Å²) in [4.78, 5) is 11.9. The van der Waals surface area contributed by atoms with Crippen molar-refractivity contribution in [1.29, 1.82) is 0 Å². The van der Waals surface area contributed by atoms with E-state index in [0.717, 1.165) is 30.6 Å². The molecule has 4 heteroatoms. The Kier molecular flexibility index (Phi) is 5.26. The van der Waals surface area contributed by atoms with Crippen molar-refractivity contribution in [3.8, 4) is 11.5 Å². The molecule has 0 radical (unpaired) electrons. The summed E-state index contributed by atoms with van der Waals surface area (Å²) in [6.45, 7) is 2.13. The van der Waals surface area contributed by atoms with E-state index in [1.165, 1.54) is 0 Å². The second-order valence-corrected chi connectivity index (χ2v) is 5.15. The Balaban J connectivity index is 2.17. The third-order valence-electron chi connectivity index (χ3n) is 3.63. The number of carbonyl (C=O) groups is 1. The van der Waals surface area contributed by atoms with E-state index in [-0.39, 0.29) is 12.1 Å². The van der Waals surface area contributed by atoms with Crippen molar-refractivity contribution in [2.45, 2.75) is 38.7 Å². The molecule has 1 heterocycles. The summed E-state index contributed by atoms with van der Waals surface area (Å²) >= 11 is 0. The van der Waals surface area contributed by atoms with Crippen LogP contribution in [0.15, 0.2) is 23.8 Å². The zero-order valence-corrected chi connectivity index (χ0v) is 12.8. The molecular weight excluding hydrogens is 268 g/mol. The van der Waals surface area contributed by atoms with E-state index < -0.39 is 0 Å². The third kappa shape index (κ3) is 3.78. The maximum absolute atomic E-state index is 11.9. The maximum atomic E-state index is 11.9. The Labute approximate surface area is 125 Å². The maximum Gasteiger partial charge on any atom is 0.334 e. The highest BCUT2D eigenvalue weighted by atomic mass is 16.5. The average molecular weight is 290 g/mol. The Morgan fingerprint density at radius 3 is 2.81 bits per heavy atom. The Hall–Kier alpha value is -1.97. The van der Waals surface area contributed by atoms with Crippen LogP contribution in [0.5, 0.6) is 11.5 Å². The molecule has 1 aliphatic rings. The number of hydrogen-bond donors (Lipinski definition) is 0. The van der Waals surface area contributed by atoms with Crippen molar-refractivity contribution in [1.82, 2.24) is 0 Å². The first-order valence-electron chi connectivity index (χ1n) is 7.31. The number of carbonyl (C=O) groups excluding carboxylic acids is 1. The first-order valence-corrected chi connectivity index (χ1v) is 7.31. The van der Waals surface area contributed by atoms with E-state index in [2.05, 4.69) is 6.92 Å². The fourth-order valence-electron chi connectivity index (χ4n) is 2.43. The third-order valence-corrected chi connectivity index (χ3v) is 3.63. The van der Waals surface area contributed by atoms with Gasteiger partial charge in [-0.1, -0.05) is 19.8 Å². The number of benzene rings is 1. The lowest BCUT2D eigenvalue weighted by atomic mass is 10.0. The summed E-state index contributed by atoms with van der Waals surface area (Å²) in [5, 5.41) is 0. The van der Waals surface area contributed by atoms with E-state index in [4.69, 9.17) is 14.2 Å². The van der Waals surface area contributed by atoms with Gasteiger partial charge in [-0.05, 0) is 24.6 Å². The number of esters is 1. The van der Waals surface area contributed by atoms with E-state index in [9.17, 15) is 4.79 Å². The van der Waals surface area contributed by atoms with Crippen LogP contribution in [-0.4, -0.2) is 26.3 Å². The molecule has 0 N–H and O–H groups in total. The topological polar surface area (TPSA) is 44.8 Å². The number of unbranched alkanes of at least 4 members (excludes halogenated alkanes) is 1. The van der Waals surface area contributed by atoms with Crippen LogP contribution in [0, 0.1) is 0 Å². The minimum atomic E-state index is -0.214. The van der Waals surface area contributed by atoms with E-state index in [0.29, 0.717) is 17.7 Å². The molecule has 1 aliphatic heterocycles. The fraction of sp³-hybridized carbons (Fsp3) is 0.471. The van der Waals surface area contributed by atoms with Gasteiger partial charge in [0.05, 0.1) is 14.2 Å². The van der Waals surface area contributed by atoms with Gasteiger partial charge in [0.2, 0.25) is 0 Å². The van der Waals surface area contributed by atoms with Crippen LogP contribution in [0.2, 0.25) is 0 Å². The van der Waals surface area contributed by atoms with Gasteiger partial charge in [0, 0.05) is 23.6 Å². The molecule has 21 heavy (non-hydrogen) atoms. The van der Waals surface area contributed by atoms with E-state index in [1.807, 2.05) is 18.2 Å². The molecule has 0 spiro atoms. The molecule has 1 atom stereocenters. The Bertz CT molecular complexity index is 534. The Morgan fingerprint density at radius 2 is 2.14 bits per heavy atom. The van der Waals surface area contributed by atoms with Crippen molar-refractivity contribution in [3.05, 3.63) is 29.3 Å². The van der Waals surface area contributed by atoms with Gasteiger partial charge in [0.25, 0.3) is 0 Å². The number of methoxy groups -OCH3 is 2. The molecule has 114 valence electrons. The van der Waals surface area contributed by atoms with E-state index in [1.54, 1.807) is 20.3 Å². The SMILES string of the molecule is CCCCC1CC(=Cc2ccc(OC)cc2OC)C(=O)O1. The molecule has 1 fully saturated rings. The molecule has 2 rings (SSSR count). The number of hydrogen-bond acceptors (Lipinski definition) is 4. The minimum Gasteiger partial charge on any atom is -0.497 e. The molecule has 4 nitrogen and oxygen atoms in total. The second-order valence-electron chi connectivity index (χ2n) is 5.15. The summed E-state index contributed by atoms with van der Waals surface area (Å²) in [5.41, 5.74) is 1.57. The van der Waals surface area contributed by atoms with Crippen molar-refractivity contribution >= 4 is 12.0 Å². The predicted octanol–water partition coefficient (Wildman–Crippen LogP) is 3.59. The molecule has 0 bridgehead atoms. The summed E-state index contributed by atoms with van der Waals surface area (Å²) < 4.78 is 15.9. The lowest BCUT2D eigenvalue weighted by Crippen LogP contribution is -2.05. The van der Waals surface area contributed by atoms with Crippen LogP contribution in [0.25, 0.3) is 6.08 Å². The molecule has 1 saturated heterocycles. The van der Waals surface area contributed by atoms with Crippen LogP contribution in [0.3, 0.4) is 0 Å². The standard InChI is InChI=1S/C17H22O4/c1-4-5-6-15-10-13(17(18)21-15)9-12-7-8-14(19-2)11-16(12)20-3/h7-9,11,15H,4-6,10H2,1-3H3. The van der Waals surface area contributed by atoms with Gasteiger partial charge in [0.1, 0.15) is 17.6 Å². The zero-order valence-electron chi connectivity index (χ0n) is 12.8. The number of cyclic esters (lactones) is 1. The summed E-state index contributed by atoms with van der Waals surface area (Å²) in [5.74, 6) is 1.20. The van der Waals surface area contributed by atoms with Gasteiger partial charge in [-0.3, -0.25) is 0 Å². The van der Waals surface area contributed by atoms with Gasteiger partial charge in [-0.15, -0.1) is 0 Å². The van der Waals surface area contributed by atoms with Gasteiger partial charge >= 0.3 is 5.97 Å². The van der Waals surface area contributed by atoms with Crippen molar-refractivity contribution < 1.29 is 19.0 Å². The highest BCUT2D eigenvalue weighted by Gasteiger charge is 2.28. The molecule has 1 aromatic carbocycles. The number of rotatable bonds is 6. The van der Waals surface area contributed by atoms with Crippen LogP contribution in [-0.2, 0) is 9.53 Å². The first-order chi connectivity index (χ1) is 10.2. The molecule has 0 aliphatic carbocycles. The average Bonchev–Trinajstić information content (AvgIpc) is 2.85. The monoisotopic (exact) mass is 290 g/mol. The normalized spacial score (nSPS) is 19.7. The van der Waals surface area contributed by atoms with Crippen molar-refractivity contribution in [3.63, 3.8) is 0 Å². The highest BCUT2D eigenvalue weighted by molar-refractivity contribution is 5.96. The van der Waals surface area contributed by atoms with Gasteiger partial charge < -0.3 is 14.2 Å². The summed E-state index contributed by atoms with van der Waals surface area (Å²) in [6, 6.07) is 5.54. The van der Waals surface area contributed by atoms with Crippen LogP contribution in [0.4, 0.5) is 0 Å². The van der Waals surface area contributed by atoms with Crippen molar-refractivity contribution in [2.75, 3.05) is 14.2 Å². The van der Waals surface area contributed by atoms with Crippen LogP contribution in [0.1, 0.15) is 38.2 Å². The van der Waals surface area contributed by atoms with Crippen LogP contribution >= 0.6 is 0 Å². The smallest absolute Gasteiger partial charge is 0.334 e. The molecule has 1 aromatic rings. The predicted molar refractivity (Wildman–Crippen MR) is 81.5 cm³/mol. The lowest BCUT2D eigenvalue weighted by Gasteiger charge is -2.07. The van der Waals surface area contributed by atoms with Crippen molar-refractivity contribution in [2.24, 2.45) is 0 Å². The molecule has 1 unspecified atom stereocenters. The molecule has 0 aromatic heterocycles. The van der Waals surface area contributed by atoms with Gasteiger partial charge in [-0.2, -0.15) is 0 Å². The van der Waals surface area contributed by atoms with Gasteiger partial charge in [-0.25, -0.2) is 4.79 Å². The molecule has 0 saturated carbocycles. The van der Waals surface area contributed by atoms with Crippen LogP contribution < -0.4 is 9.47 Å². The Morgan fingerprint density at radius 1 is 1.33 bits per heavy atom. The zero-order chi connectivity index (χ0) is 15.2. The lowest BCUT2D eigenvalue weighted by molar-refractivity contribution is -0.138. The summed E-state index contributed by atoms with van der Waals surface area (Å²) in [6.07, 6.45) is 5.67. The highest BCUT2D eigenvalue weighted by Crippen LogP contribution is 2.30. The molecular formula is C17H22O4. The summed E-state index contributed by atoms with van der Waals surface area (Å²) in [7, 11) is 3.22. The first kappa shape index (κ1) is 15.4. The van der Waals surface area contributed by atoms with Gasteiger partial charge in [0.15, 0.2) is 0 Å². The van der Waals surface area contributed by atoms with E-state index >= 15 is 0 Å². The minimum absolute atomic E-state index is 0.0212. The largest absolute Gasteiger partial charge is 0.497 e.